The van der Waals surface area contributed by atoms with Gasteiger partial charge in [0.1, 0.15) is 0 Å². The van der Waals surface area contributed by atoms with E-state index in [2.05, 4.69) is 4.98 Å². The van der Waals surface area contributed by atoms with E-state index in [4.69, 9.17) is 9.47 Å². The zero-order valence-electron chi connectivity index (χ0n) is 8.74. The van der Waals surface area contributed by atoms with E-state index in [1.165, 1.54) is 17.8 Å². The molecule has 2 heterocycles. The van der Waals surface area contributed by atoms with Crippen LogP contribution in [-0.4, -0.2) is 30.2 Å². The lowest BCUT2D eigenvalue weighted by Gasteiger charge is -2.09. The van der Waals surface area contributed by atoms with Gasteiger partial charge in [0.2, 0.25) is 0 Å². The van der Waals surface area contributed by atoms with Gasteiger partial charge in [-0.05, 0) is 12.1 Å². The van der Waals surface area contributed by atoms with Gasteiger partial charge in [-0.2, -0.15) is 13.2 Å². The molecule has 2 rings (SSSR count). The van der Waals surface area contributed by atoms with Crippen LogP contribution >= 0.6 is 11.8 Å². The number of nitrogens with zero attached hydrogens (tertiary/aromatic N) is 1. The van der Waals surface area contributed by atoms with Gasteiger partial charge in [0.25, 0.3) is 0 Å². The molecule has 94 valence electrons. The third kappa shape index (κ3) is 3.58. The topological polar surface area (TPSA) is 31.4 Å². The molecule has 1 fully saturated rings. The Kier molecular flexibility index (Phi) is 3.90. The summed E-state index contributed by atoms with van der Waals surface area (Å²) in [6.45, 7) is 1.12. The maximum absolute atomic E-state index is 12.3. The Hall–Kier alpha value is -0.790. The number of halogens is 3. The summed E-state index contributed by atoms with van der Waals surface area (Å²) in [5.74, 6) is 0.526. The van der Waals surface area contributed by atoms with Crippen molar-refractivity contribution in [2.24, 2.45) is 0 Å². The van der Waals surface area contributed by atoms with Gasteiger partial charge in [0, 0.05) is 6.20 Å². The zero-order valence-corrected chi connectivity index (χ0v) is 9.55. The first-order valence-corrected chi connectivity index (χ1v) is 5.93. The molecule has 0 saturated carbocycles. The summed E-state index contributed by atoms with van der Waals surface area (Å²) in [5.41, 5.74) is -0.741. The normalized spacial score (nSPS) is 17.6. The third-order valence-corrected chi connectivity index (χ3v) is 3.10. The standard InChI is InChI=1S/C10H10F3NO2S/c11-10(12,13)7-1-2-8(14-5-7)17-6-9-15-3-4-16-9/h1-2,5,9H,3-4,6H2. The highest BCUT2D eigenvalue weighted by atomic mass is 32.2. The van der Waals surface area contributed by atoms with Crippen molar-refractivity contribution >= 4 is 11.8 Å². The van der Waals surface area contributed by atoms with Gasteiger partial charge >= 0.3 is 6.18 Å². The van der Waals surface area contributed by atoms with Crippen molar-refractivity contribution in [3.8, 4) is 0 Å². The van der Waals surface area contributed by atoms with E-state index in [1.54, 1.807) is 0 Å². The van der Waals surface area contributed by atoms with Crippen molar-refractivity contribution in [2.75, 3.05) is 19.0 Å². The van der Waals surface area contributed by atoms with Gasteiger partial charge < -0.3 is 9.47 Å². The average Bonchev–Trinajstić information content (AvgIpc) is 2.78. The number of thioether (sulfide) groups is 1. The lowest BCUT2D eigenvalue weighted by molar-refractivity contribution is -0.137. The first kappa shape index (κ1) is 12.7. The third-order valence-electron chi connectivity index (χ3n) is 2.12. The molecule has 0 spiro atoms. The molecule has 0 aliphatic carbocycles. The van der Waals surface area contributed by atoms with Crippen molar-refractivity contribution in [1.82, 2.24) is 4.98 Å². The number of alkyl halides is 3. The van der Waals surface area contributed by atoms with Crippen LogP contribution in [0.1, 0.15) is 5.56 Å². The molecule has 7 heteroatoms. The number of hydrogen-bond donors (Lipinski definition) is 0. The Morgan fingerprint density at radius 3 is 2.53 bits per heavy atom. The second-order valence-corrected chi connectivity index (χ2v) is 4.41. The highest BCUT2D eigenvalue weighted by Crippen LogP contribution is 2.29. The number of rotatable bonds is 3. The summed E-state index contributed by atoms with van der Waals surface area (Å²) in [6, 6.07) is 2.37. The Labute approximate surface area is 100 Å². The van der Waals surface area contributed by atoms with Crippen LogP contribution < -0.4 is 0 Å². The van der Waals surface area contributed by atoms with Crippen molar-refractivity contribution in [2.45, 2.75) is 17.5 Å². The summed E-state index contributed by atoms with van der Waals surface area (Å²) in [5, 5.41) is 0.525. The minimum Gasteiger partial charge on any atom is -0.349 e. The number of ether oxygens (including phenoxy) is 2. The van der Waals surface area contributed by atoms with Crippen LogP contribution in [0, 0.1) is 0 Å². The molecule has 17 heavy (non-hydrogen) atoms. The Balaban J connectivity index is 1.89. The molecule has 0 atom stereocenters. The molecule has 1 saturated heterocycles. The number of pyridine rings is 1. The molecule has 1 aromatic heterocycles. The molecule has 0 bridgehead atoms. The molecule has 0 radical (unpaired) electrons. The molecule has 1 aromatic rings. The van der Waals surface area contributed by atoms with Crippen LogP contribution in [-0.2, 0) is 15.7 Å². The highest BCUT2D eigenvalue weighted by molar-refractivity contribution is 7.99. The summed E-state index contributed by atoms with van der Waals surface area (Å²) >= 11 is 1.31. The van der Waals surface area contributed by atoms with Gasteiger partial charge in [-0.3, -0.25) is 0 Å². The molecular weight excluding hydrogens is 255 g/mol. The van der Waals surface area contributed by atoms with E-state index in [-0.39, 0.29) is 6.29 Å². The van der Waals surface area contributed by atoms with Gasteiger partial charge in [-0.15, -0.1) is 11.8 Å². The molecule has 1 aliphatic heterocycles. The van der Waals surface area contributed by atoms with Gasteiger partial charge in [-0.25, -0.2) is 4.98 Å². The van der Waals surface area contributed by atoms with Crippen molar-refractivity contribution in [1.29, 1.82) is 0 Å². The van der Waals surface area contributed by atoms with Gasteiger partial charge in [0.05, 0.1) is 29.6 Å². The van der Waals surface area contributed by atoms with E-state index in [9.17, 15) is 13.2 Å². The number of hydrogen-bond acceptors (Lipinski definition) is 4. The first-order valence-electron chi connectivity index (χ1n) is 4.95. The fraction of sp³-hybridized carbons (Fsp3) is 0.500. The first-order chi connectivity index (χ1) is 8.05. The van der Waals surface area contributed by atoms with Gasteiger partial charge in [0.15, 0.2) is 6.29 Å². The summed E-state index contributed by atoms with van der Waals surface area (Å²) < 4.78 is 47.2. The van der Waals surface area contributed by atoms with Crippen molar-refractivity contribution < 1.29 is 22.6 Å². The van der Waals surface area contributed by atoms with Crippen LogP contribution in [0.5, 0.6) is 0 Å². The molecular formula is C10H10F3NO2S. The summed E-state index contributed by atoms with van der Waals surface area (Å²) in [6.07, 6.45) is -3.80. The minimum absolute atomic E-state index is 0.288. The fourth-order valence-electron chi connectivity index (χ4n) is 1.29. The van der Waals surface area contributed by atoms with Gasteiger partial charge in [-0.1, -0.05) is 0 Å². The summed E-state index contributed by atoms with van der Waals surface area (Å²) in [7, 11) is 0. The van der Waals surface area contributed by atoms with Crippen LogP contribution in [0.15, 0.2) is 23.4 Å². The minimum atomic E-state index is -4.34. The average molecular weight is 265 g/mol. The lowest BCUT2D eigenvalue weighted by Crippen LogP contribution is -2.10. The second-order valence-electron chi connectivity index (χ2n) is 3.37. The van der Waals surface area contributed by atoms with E-state index in [0.29, 0.717) is 24.0 Å². The molecule has 0 unspecified atom stereocenters. The highest BCUT2D eigenvalue weighted by Gasteiger charge is 2.30. The van der Waals surface area contributed by atoms with E-state index < -0.39 is 11.7 Å². The maximum atomic E-state index is 12.3. The molecule has 3 nitrogen and oxygen atoms in total. The number of aromatic nitrogens is 1. The Morgan fingerprint density at radius 1 is 1.29 bits per heavy atom. The van der Waals surface area contributed by atoms with Crippen LogP contribution in [0.4, 0.5) is 13.2 Å². The second kappa shape index (κ2) is 5.24. The molecule has 0 N–H and O–H groups in total. The van der Waals surface area contributed by atoms with Crippen LogP contribution in [0.3, 0.4) is 0 Å². The largest absolute Gasteiger partial charge is 0.417 e. The lowest BCUT2D eigenvalue weighted by atomic mass is 10.3. The zero-order chi connectivity index (χ0) is 12.3. The van der Waals surface area contributed by atoms with Crippen LogP contribution in [0.25, 0.3) is 0 Å². The molecule has 1 aliphatic rings. The predicted molar refractivity (Wildman–Crippen MR) is 55.7 cm³/mol. The summed E-state index contributed by atoms with van der Waals surface area (Å²) in [4.78, 5) is 3.74. The Bertz CT molecular complexity index is 363. The monoisotopic (exact) mass is 265 g/mol. The van der Waals surface area contributed by atoms with Crippen molar-refractivity contribution in [3.05, 3.63) is 23.9 Å². The van der Waals surface area contributed by atoms with E-state index in [1.807, 2.05) is 0 Å². The fourth-order valence-corrected chi connectivity index (χ4v) is 2.08. The molecule has 0 amide bonds. The SMILES string of the molecule is FC(F)(F)c1ccc(SCC2OCCO2)nc1. The van der Waals surface area contributed by atoms with Crippen LogP contribution in [0.2, 0.25) is 0 Å². The molecule has 0 aromatic carbocycles. The van der Waals surface area contributed by atoms with Crippen molar-refractivity contribution in [3.63, 3.8) is 0 Å². The predicted octanol–water partition coefficient (Wildman–Crippen LogP) is 2.57. The quantitative estimate of drug-likeness (QED) is 0.786. The van der Waals surface area contributed by atoms with E-state index >= 15 is 0 Å². The van der Waals surface area contributed by atoms with E-state index in [0.717, 1.165) is 12.3 Å². The Morgan fingerprint density at radius 2 is 2.00 bits per heavy atom. The maximum Gasteiger partial charge on any atom is 0.417 e. The smallest absolute Gasteiger partial charge is 0.349 e.